The van der Waals surface area contributed by atoms with Gasteiger partial charge in [-0.25, -0.2) is 4.99 Å². The van der Waals surface area contributed by atoms with Gasteiger partial charge in [0.2, 0.25) is 0 Å². The molecule has 4 nitrogen and oxygen atoms in total. The molecule has 0 bridgehead atoms. The van der Waals surface area contributed by atoms with Crippen molar-refractivity contribution in [1.29, 1.82) is 0 Å². The van der Waals surface area contributed by atoms with Crippen molar-refractivity contribution in [2.24, 2.45) is 4.99 Å². The van der Waals surface area contributed by atoms with Crippen LogP contribution in [0.4, 0.5) is 5.69 Å². The van der Waals surface area contributed by atoms with Crippen molar-refractivity contribution in [3.05, 3.63) is 63.2 Å². The van der Waals surface area contributed by atoms with E-state index in [1.807, 2.05) is 41.0 Å². The number of ether oxygens (including phenoxy) is 1. The third kappa shape index (κ3) is 4.82. The van der Waals surface area contributed by atoms with Crippen molar-refractivity contribution < 1.29 is 26.8 Å². The van der Waals surface area contributed by atoms with E-state index in [1.165, 1.54) is 0 Å². The molecule has 7 heteroatoms. The van der Waals surface area contributed by atoms with Gasteiger partial charge in [0.1, 0.15) is 5.75 Å². The molecule has 1 heterocycles. The lowest BCUT2D eigenvalue weighted by Crippen LogP contribution is -3.00. The Hall–Kier alpha value is -1.41. The molecule has 3 rings (SSSR count). The van der Waals surface area contributed by atoms with Gasteiger partial charge in [-0.15, -0.1) is 11.3 Å². The summed E-state index contributed by atoms with van der Waals surface area (Å²) in [6, 6.07) is 15.7. The topological polar surface area (TPSA) is 46.8 Å². The Morgan fingerprint density at radius 3 is 2.40 bits per heavy atom. The zero-order valence-corrected chi connectivity index (χ0v) is 17.5. The number of aliphatic hydroxyl groups is 1. The van der Waals surface area contributed by atoms with E-state index in [4.69, 9.17) is 9.73 Å². The molecule has 0 fully saturated rings. The molecule has 0 spiro atoms. The van der Waals surface area contributed by atoms with Gasteiger partial charge in [0, 0.05) is 16.4 Å². The van der Waals surface area contributed by atoms with Gasteiger partial charge in [-0.05, 0) is 42.0 Å². The first-order valence-corrected chi connectivity index (χ1v) is 9.12. The molecule has 1 N–H and O–H groups in total. The SMILES string of the molecule is COc1ccc(N=c2scc(-c3ccc(Br)cc3)n2CCO)cc1.[Br-]. The van der Waals surface area contributed by atoms with Crippen LogP contribution in [0.3, 0.4) is 0 Å². The van der Waals surface area contributed by atoms with Gasteiger partial charge in [0.25, 0.3) is 0 Å². The van der Waals surface area contributed by atoms with Crippen molar-refractivity contribution in [2.75, 3.05) is 13.7 Å². The normalized spacial score (nSPS) is 11.2. The number of thiazole rings is 1. The first kappa shape index (κ1) is 19.9. The van der Waals surface area contributed by atoms with Crippen LogP contribution in [0.1, 0.15) is 0 Å². The lowest BCUT2D eigenvalue weighted by Gasteiger charge is -2.07. The molecule has 0 saturated heterocycles. The molecule has 0 saturated carbocycles. The number of rotatable bonds is 5. The molecule has 25 heavy (non-hydrogen) atoms. The molecule has 0 atom stereocenters. The molecular formula is C18H17Br2N2O2S-. The summed E-state index contributed by atoms with van der Waals surface area (Å²) in [7, 11) is 1.64. The summed E-state index contributed by atoms with van der Waals surface area (Å²) in [6.45, 7) is 0.569. The van der Waals surface area contributed by atoms with Gasteiger partial charge in [-0.2, -0.15) is 0 Å². The fourth-order valence-electron chi connectivity index (χ4n) is 2.35. The van der Waals surface area contributed by atoms with Crippen LogP contribution >= 0.6 is 27.3 Å². The zero-order valence-electron chi connectivity index (χ0n) is 13.5. The molecule has 0 aliphatic rings. The van der Waals surface area contributed by atoms with Crippen molar-refractivity contribution in [1.82, 2.24) is 4.57 Å². The number of aliphatic hydroxyl groups excluding tert-OH is 1. The smallest absolute Gasteiger partial charge is 0.190 e. The summed E-state index contributed by atoms with van der Waals surface area (Å²) in [6.07, 6.45) is 0. The van der Waals surface area contributed by atoms with E-state index in [0.29, 0.717) is 6.54 Å². The highest BCUT2D eigenvalue weighted by Crippen LogP contribution is 2.23. The molecule has 1 aromatic heterocycles. The Kier molecular flexibility index (Phi) is 7.43. The Morgan fingerprint density at radius 1 is 1.12 bits per heavy atom. The van der Waals surface area contributed by atoms with Crippen LogP contribution in [0.25, 0.3) is 11.3 Å². The van der Waals surface area contributed by atoms with Gasteiger partial charge < -0.3 is 31.4 Å². The maximum absolute atomic E-state index is 9.43. The molecule has 3 aromatic rings. The van der Waals surface area contributed by atoms with E-state index in [0.717, 1.165) is 32.0 Å². The van der Waals surface area contributed by atoms with Crippen LogP contribution in [0.2, 0.25) is 0 Å². The second-order valence-electron chi connectivity index (χ2n) is 5.10. The van der Waals surface area contributed by atoms with E-state index in [9.17, 15) is 5.11 Å². The Balaban J connectivity index is 0.00000225. The van der Waals surface area contributed by atoms with Crippen LogP contribution in [0, 0.1) is 0 Å². The summed E-state index contributed by atoms with van der Waals surface area (Å²) in [5.41, 5.74) is 3.00. The largest absolute Gasteiger partial charge is 1.00 e. The molecule has 0 aliphatic heterocycles. The van der Waals surface area contributed by atoms with Crippen LogP contribution in [0.15, 0.2) is 63.4 Å². The number of methoxy groups -OCH3 is 1. The average molecular weight is 485 g/mol. The lowest BCUT2D eigenvalue weighted by atomic mass is 10.2. The van der Waals surface area contributed by atoms with Crippen LogP contribution in [-0.2, 0) is 6.54 Å². The summed E-state index contributed by atoms with van der Waals surface area (Å²) < 4.78 is 8.25. The predicted octanol–water partition coefficient (Wildman–Crippen LogP) is 1.22. The van der Waals surface area contributed by atoms with Crippen molar-refractivity contribution >= 4 is 33.0 Å². The Bertz CT molecular complexity index is 871. The number of halogens is 2. The number of benzene rings is 2. The van der Waals surface area contributed by atoms with E-state index in [2.05, 4.69) is 33.4 Å². The van der Waals surface area contributed by atoms with Crippen LogP contribution < -0.4 is 26.5 Å². The zero-order chi connectivity index (χ0) is 16.9. The molecule has 0 aliphatic carbocycles. The molecular weight excluding hydrogens is 468 g/mol. The van der Waals surface area contributed by atoms with E-state index >= 15 is 0 Å². The summed E-state index contributed by atoms with van der Waals surface area (Å²) in [4.78, 5) is 5.56. The highest BCUT2D eigenvalue weighted by atomic mass is 79.9. The minimum absolute atomic E-state index is 0. The summed E-state index contributed by atoms with van der Waals surface area (Å²) in [5, 5.41) is 11.5. The number of hydrogen-bond acceptors (Lipinski definition) is 4. The van der Waals surface area contributed by atoms with Crippen molar-refractivity contribution in [2.45, 2.75) is 6.54 Å². The first-order valence-electron chi connectivity index (χ1n) is 7.45. The van der Waals surface area contributed by atoms with Gasteiger partial charge >= 0.3 is 0 Å². The maximum Gasteiger partial charge on any atom is 0.190 e. The average Bonchev–Trinajstić information content (AvgIpc) is 2.99. The maximum atomic E-state index is 9.43. The minimum atomic E-state index is 0. The predicted molar refractivity (Wildman–Crippen MR) is 101 cm³/mol. The number of aromatic nitrogens is 1. The highest BCUT2D eigenvalue weighted by molar-refractivity contribution is 9.10. The Labute approximate surface area is 169 Å². The van der Waals surface area contributed by atoms with Gasteiger partial charge in [-0.3, -0.25) is 0 Å². The molecule has 132 valence electrons. The van der Waals surface area contributed by atoms with E-state index in [1.54, 1.807) is 18.4 Å². The van der Waals surface area contributed by atoms with Crippen molar-refractivity contribution in [3.8, 4) is 17.0 Å². The fourth-order valence-corrected chi connectivity index (χ4v) is 3.57. The minimum Gasteiger partial charge on any atom is -1.00 e. The number of nitrogens with zero attached hydrogens (tertiary/aromatic N) is 2. The van der Waals surface area contributed by atoms with Crippen LogP contribution in [0.5, 0.6) is 5.75 Å². The van der Waals surface area contributed by atoms with E-state index in [-0.39, 0.29) is 23.6 Å². The van der Waals surface area contributed by atoms with Crippen molar-refractivity contribution in [3.63, 3.8) is 0 Å². The molecule has 0 amide bonds. The van der Waals surface area contributed by atoms with Gasteiger partial charge in [0.15, 0.2) is 4.80 Å². The summed E-state index contributed by atoms with van der Waals surface area (Å²) in [5.74, 6) is 0.805. The monoisotopic (exact) mass is 483 g/mol. The number of hydrogen-bond donors (Lipinski definition) is 1. The molecule has 0 radical (unpaired) electrons. The molecule has 2 aromatic carbocycles. The second kappa shape index (κ2) is 9.33. The third-order valence-electron chi connectivity index (χ3n) is 3.56. The summed E-state index contributed by atoms with van der Waals surface area (Å²) >= 11 is 5.02. The lowest BCUT2D eigenvalue weighted by molar-refractivity contribution is -0.00000608. The first-order chi connectivity index (χ1) is 11.7. The molecule has 0 unspecified atom stereocenters. The van der Waals surface area contributed by atoms with E-state index < -0.39 is 0 Å². The quantitative estimate of drug-likeness (QED) is 0.591. The second-order valence-corrected chi connectivity index (χ2v) is 6.85. The standard InChI is InChI=1S/C18H17BrN2O2S.BrH/c1-23-16-8-6-15(7-9-16)20-18-21(10-11-22)17(12-24-18)13-2-4-14(19)5-3-13;/h2-9,12,22H,10-11H2,1H3;1H/p-1. The highest BCUT2D eigenvalue weighted by Gasteiger charge is 2.08. The van der Waals surface area contributed by atoms with Gasteiger partial charge in [0.05, 0.1) is 25.1 Å². The van der Waals surface area contributed by atoms with Gasteiger partial charge in [-0.1, -0.05) is 28.1 Å². The van der Waals surface area contributed by atoms with Crippen LogP contribution in [-0.4, -0.2) is 23.4 Å². The Morgan fingerprint density at radius 2 is 1.80 bits per heavy atom. The third-order valence-corrected chi connectivity index (χ3v) is 4.95. The fraction of sp³-hybridized carbons (Fsp3) is 0.167.